The first kappa shape index (κ1) is 37.6. The predicted octanol–water partition coefficient (Wildman–Crippen LogP) is 2.20. The second-order valence-electron chi connectivity index (χ2n) is 8.19. The molecule has 35 heavy (non-hydrogen) atoms. The number of hydrogen-bond donors (Lipinski definition) is 0. The molecule has 0 atom stereocenters. The molecule has 0 unspecified atom stereocenters. The van der Waals surface area contributed by atoms with E-state index < -0.39 is 18.3 Å². The van der Waals surface area contributed by atoms with Crippen molar-refractivity contribution >= 4 is 18.3 Å². The molecule has 0 fully saturated rings. The Kier molecular flexibility index (Phi) is 20.6. The van der Waals surface area contributed by atoms with Gasteiger partial charge in [-0.2, -0.15) is 0 Å². The number of rotatable bonds is 6. The molecule has 200 valence electrons. The molecule has 1 rings (SSSR count). The average Bonchev–Trinajstić information content (AvgIpc) is 2.91. The average molecular weight is 532 g/mol. The molecule has 1 aliphatic carbocycles. The molecule has 0 aromatic heterocycles. The Morgan fingerprint density at radius 1 is 0.629 bits per heavy atom. The third-order valence-corrected chi connectivity index (χ3v) is 7.69. The zero-order chi connectivity index (χ0) is 28.5. The number of amides is 3. The summed E-state index contributed by atoms with van der Waals surface area (Å²) in [6, 6.07) is 0. The van der Waals surface area contributed by atoms with Crippen LogP contribution in [0.15, 0.2) is 20.6 Å². The van der Waals surface area contributed by atoms with Gasteiger partial charge in [-0.15, -0.1) is 0 Å². The normalized spacial score (nSPS) is 13.4. The van der Waals surface area contributed by atoms with Gasteiger partial charge in [0.2, 0.25) is 0 Å². The first-order valence-corrected chi connectivity index (χ1v) is 12.8. The fourth-order valence-corrected chi connectivity index (χ4v) is 3.62. The summed E-state index contributed by atoms with van der Waals surface area (Å²) < 4.78 is 1.53. The molecule has 3 amide bonds. The molecule has 0 bridgehead atoms. The van der Waals surface area contributed by atoms with Crippen molar-refractivity contribution in [3.8, 4) is 0 Å². The van der Waals surface area contributed by atoms with Gasteiger partial charge in [-0.25, -0.2) is 0 Å². The molecule has 10 heteroatoms. The van der Waals surface area contributed by atoms with E-state index in [1.165, 1.54) is 35.3 Å². The van der Waals surface area contributed by atoms with E-state index in [4.69, 9.17) is 0 Å². The van der Waals surface area contributed by atoms with Crippen LogP contribution in [0.3, 0.4) is 0 Å². The van der Waals surface area contributed by atoms with Gasteiger partial charge in [0.1, 0.15) is 18.3 Å². The van der Waals surface area contributed by atoms with E-state index in [2.05, 4.69) is 55.1 Å². The van der Waals surface area contributed by atoms with Gasteiger partial charge in [0, 0.05) is 39.3 Å². The van der Waals surface area contributed by atoms with Crippen molar-refractivity contribution in [1.82, 2.24) is 14.7 Å². The van der Waals surface area contributed by atoms with Crippen LogP contribution in [0.1, 0.15) is 76.2 Å². The Labute approximate surface area is 224 Å². The van der Waals surface area contributed by atoms with Crippen LogP contribution >= 0.6 is 0 Å². The minimum atomic E-state index is -1.09. The smallest absolute Gasteiger partial charge is 0.136 e. The maximum absolute atomic E-state index is 9.98. The number of carbonyl (C=O) groups excluding carboxylic acids is 3. The summed E-state index contributed by atoms with van der Waals surface area (Å²) in [4.78, 5) is 33.6. The van der Waals surface area contributed by atoms with Crippen LogP contribution in [-0.4, -0.2) is 72.2 Å². The van der Waals surface area contributed by atoms with Gasteiger partial charge >= 0.3 is 81.1 Å². The van der Waals surface area contributed by atoms with Crippen molar-refractivity contribution in [2.45, 2.75) is 76.2 Å². The topological polar surface area (TPSA) is 130 Å². The van der Waals surface area contributed by atoms with Gasteiger partial charge in [0.25, 0.3) is 0 Å². The number of nitrogens with zero attached hydrogens (tertiary/aromatic N) is 3. The molecule has 0 aromatic carbocycles. The Morgan fingerprint density at radius 3 is 0.886 bits per heavy atom. The number of carbonyl (C=O) groups is 3. The molecule has 0 saturated heterocycles. The van der Waals surface area contributed by atoms with Crippen LogP contribution in [0.5, 0.6) is 0 Å². The summed E-state index contributed by atoms with van der Waals surface area (Å²) in [5.41, 5.74) is 4.83. The van der Waals surface area contributed by atoms with Crippen molar-refractivity contribution < 1.29 is 50.1 Å². The first-order valence-electron chi connectivity index (χ1n) is 12.0. The fraction of sp³-hybridized carbons (Fsp3) is 0.720. The van der Waals surface area contributed by atoms with Crippen LogP contribution in [0.2, 0.25) is 0 Å². The molecule has 0 N–H and O–H groups in total. The zero-order valence-electron chi connectivity index (χ0n) is 23.5. The van der Waals surface area contributed by atoms with E-state index in [-0.39, 0.29) is 0 Å². The van der Waals surface area contributed by atoms with Crippen LogP contribution in [0.25, 0.3) is 0 Å². The van der Waals surface area contributed by atoms with Gasteiger partial charge in [-0.1, -0.05) is 0 Å². The Morgan fingerprint density at radius 2 is 0.857 bits per heavy atom. The third kappa shape index (κ3) is 13.6. The zero-order valence-corrected chi connectivity index (χ0v) is 25.1. The van der Waals surface area contributed by atoms with Crippen LogP contribution in [0, 0.1) is 5.41 Å². The molecular weight excluding hydrogens is 486 g/mol. The second-order valence-corrected chi connectivity index (χ2v) is 8.97. The molecule has 0 heterocycles. The number of carboxylic acid groups (broad SMARTS) is 3. The number of allylic oxidation sites excluding steroid dienone is 4. The van der Waals surface area contributed by atoms with Crippen molar-refractivity contribution in [3.05, 3.63) is 20.6 Å². The van der Waals surface area contributed by atoms with Crippen LogP contribution in [-0.2, 0) is 20.4 Å². The molecule has 0 saturated carbocycles. The Balaban J connectivity index is -0.000000396. The summed E-state index contributed by atoms with van der Waals surface area (Å²) >= 11 is 2.25. The maximum atomic E-state index is 9.98. The number of hydrogen-bond acceptors (Lipinski definition) is 6. The van der Waals surface area contributed by atoms with Crippen molar-refractivity contribution in [2.75, 3.05) is 39.3 Å². The molecular formula is C25H45N3O6Ti. The van der Waals surface area contributed by atoms with Gasteiger partial charge < -0.3 is 44.4 Å². The molecule has 0 aliphatic heterocycles. The van der Waals surface area contributed by atoms with E-state index in [1.807, 2.05) is 0 Å². The van der Waals surface area contributed by atoms with Gasteiger partial charge in [0.05, 0.1) is 0 Å². The summed E-state index contributed by atoms with van der Waals surface area (Å²) in [7, 11) is 0. The summed E-state index contributed by atoms with van der Waals surface area (Å²) in [5.74, 6) is 0. The van der Waals surface area contributed by atoms with Gasteiger partial charge in [0.15, 0.2) is 0 Å². The summed E-state index contributed by atoms with van der Waals surface area (Å²) in [5, 5.41) is 29.9. The standard InChI is InChI=1S/C10H15.3C5H11NO2.Ti/c1-7-6-10(4,5)9(3)8(7)2;3*1-3-6(4-2)5(7)8;/h1-5H3;3*3-4H2,1-2H3,(H,7,8);/q;;;;+3/p-3. The molecule has 9 nitrogen and oxygen atoms in total. The molecule has 0 spiro atoms. The molecule has 1 aliphatic rings. The first-order chi connectivity index (χ1) is 16.0. The van der Waals surface area contributed by atoms with E-state index in [9.17, 15) is 29.7 Å². The minimum absolute atomic E-state index is 0.314. The van der Waals surface area contributed by atoms with Gasteiger partial charge in [-0.3, -0.25) is 0 Å². The SMILES string of the molecule is CC1=C(C)C(C)(C)[C]([Ti+3])=C1C.CCN(CC)C(=O)[O-].CCN(CC)C(=O)[O-].CCN(CC)C(=O)[O-]. The summed E-state index contributed by atoms with van der Waals surface area (Å²) in [6.07, 6.45) is -3.26. The Hall–Kier alpha value is -2.00. The minimum Gasteiger partial charge on any atom is -0.530 e. The van der Waals surface area contributed by atoms with E-state index in [0.717, 1.165) is 0 Å². The summed E-state index contributed by atoms with van der Waals surface area (Å²) in [6.45, 7) is 25.0. The van der Waals surface area contributed by atoms with E-state index in [0.29, 0.717) is 44.7 Å². The van der Waals surface area contributed by atoms with Gasteiger partial charge in [-0.05, 0) is 41.5 Å². The largest absolute Gasteiger partial charge is 0.530 e. The quantitative estimate of drug-likeness (QED) is 0.483. The van der Waals surface area contributed by atoms with E-state index in [1.54, 1.807) is 41.5 Å². The molecule has 0 aromatic rings. The van der Waals surface area contributed by atoms with Crippen molar-refractivity contribution in [3.63, 3.8) is 0 Å². The van der Waals surface area contributed by atoms with Crippen molar-refractivity contribution in [2.24, 2.45) is 5.41 Å². The Bertz CT molecular complexity index is 644. The van der Waals surface area contributed by atoms with Crippen molar-refractivity contribution in [1.29, 1.82) is 0 Å². The monoisotopic (exact) mass is 531 g/mol. The molecule has 0 radical (unpaired) electrons. The maximum Gasteiger partial charge on any atom is 0.136 e. The second kappa shape index (κ2) is 19.2. The fourth-order valence-electron chi connectivity index (χ4n) is 3.04. The van der Waals surface area contributed by atoms with Crippen LogP contribution < -0.4 is 15.3 Å². The van der Waals surface area contributed by atoms with Crippen LogP contribution in [0.4, 0.5) is 14.4 Å². The predicted molar refractivity (Wildman–Crippen MR) is 130 cm³/mol. The van der Waals surface area contributed by atoms with E-state index >= 15 is 0 Å². The third-order valence-electron chi connectivity index (χ3n) is 6.13.